The first-order valence-electron chi connectivity index (χ1n) is 5.66. The summed E-state index contributed by atoms with van der Waals surface area (Å²) in [5.41, 5.74) is 1.08. The van der Waals surface area contributed by atoms with Gasteiger partial charge in [-0.2, -0.15) is 5.10 Å². The number of aryl methyl sites for hydroxylation is 1. The van der Waals surface area contributed by atoms with Gasteiger partial charge in [-0.25, -0.2) is 17.9 Å². The smallest absolute Gasteiger partial charge is 0.328 e. The molecule has 0 spiro atoms. The highest BCUT2D eigenvalue weighted by atomic mass is 35.5. The molecular formula is C11H13ClN2O4S. The lowest BCUT2D eigenvalue weighted by Gasteiger charge is -2.09. The van der Waals surface area contributed by atoms with Crippen molar-refractivity contribution in [1.82, 2.24) is 9.78 Å². The summed E-state index contributed by atoms with van der Waals surface area (Å²) in [5.74, 6) is -0.921. The van der Waals surface area contributed by atoms with E-state index in [1.807, 2.05) is 0 Å². The number of carboxylic acids is 1. The van der Waals surface area contributed by atoms with Crippen molar-refractivity contribution in [2.75, 3.05) is 11.5 Å². The van der Waals surface area contributed by atoms with E-state index in [9.17, 15) is 13.2 Å². The third-order valence-corrected chi connectivity index (χ3v) is 5.14. The Morgan fingerprint density at radius 2 is 2.26 bits per heavy atom. The van der Waals surface area contributed by atoms with Crippen LogP contribution in [0.4, 0.5) is 0 Å². The third-order valence-electron chi connectivity index (χ3n) is 3.02. The van der Waals surface area contributed by atoms with Crippen LogP contribution >= 0.6 is 11.6 Å². The van der Waals surface area contributed by atoms with Crippen LogP contribution in [0.25, 0.3) is 6.08 Å². The fraction of sp³-hybridized carbons (Fsp3) is 0.455. The lowest BCUT2D eigenvalue weighted by Crippen LogP contribution is -2.12. The standard InChI is InChI=1S/C11H13ClN2O4S/c1-7-9(2-3-10(15)16)11(12)14(13-7)8-4-5-19(17,18)6-8/h2-3,8H,4-6H2,1H3,(H,15,16)/b3-2+/t8-/m0/s1. The normalized spacial score (nSPS) is 22.1. The Bertz CT molecular complexity index is 648. The van der Waals surface area contributed by atoms with Gasteiger partial charge >= 0.3 is 5.97 Å². The van der Waals surface area contributed by atoms with E-state index >= 15 is 0 Å². The Morgan fingerprint density at radius 3 is 2.79 bits per heavy atom. The molecule has 104 valence electrons. The Hall–Kier alpha value is -1.34. The third kappa shape index (κ3) is 2.98. The molecule has 2 rings (SSSR count). The second-order valence-electron chi connectivity index (χ2n) is 4.46. The van der Waals surface area contributed by atoms with Crippen LogP contribution in [0.1, 0.15) is 23.7 Å². The molecule has 8 heteroatoms. The average Bonchev–Trinajstić information content (AvgIpc) is 2.77. The molecule has 1 aliphatic rings. The number of aromatic nitrogens is 2. The van der Waals surface area contributed by atoms with Crippen LogP contribution in [0, 0.1) is 6.92 Å². The maximum Gasteiger partial charge on any atom is 0.328 e. The van der Waals surface area contributed by atoms with Crippen LogP contribution in [-0.4, -0.2) is 40.8 Å². The second-order valence-corrected chi connectivity index (χ2v) is 7.05. The largest absolute Gasteiger partial charge is 0.478 e. The van der Waals surface area contributed by atoms with Crippen LogP contribution in [0.5, 0.6) is 0 Å². The molecule has 2 heterocycles. The minimum atomic E-state index is -3.02. The van der Waals surface area contributed by atoms with E-state index in [1.54, 1.807) is 6.92 Å². The first-order chi connectivity index (χ1) is 8.80. The van der Waals surface area contributed by atoms with E-state index < -0.39 is 15.8 Å². The molecule has 0 unspecified atom stereocenters. The number of halogens is 1. The van der Waals surface area contributed by atoms with Crippen molar-refractivity contribution in [3.8, 4) is 0 Å². The molecule has 1 atom stereocenters. The van der Waals surface area contributed by atoms with Gasteiger partial charge in [0.25, 0.3) is 0 Å². The van der Waals surface area contributed by atoms with Gasteiger partial charge in [0.1, 0.15) is 5.15 Å². The lowest BCUT2D eigenvalue weighted by molar-refractivity contribution is -0.131. The van der Waals surface area contributed by atoms with Crippen LogP contribution in [0.3, 0.4) is 0 Å². The van der Waals surface area contributed by atoms with Crippen molar-refractivity contribution in [3.05, 3.63) is 22.5 Å². The van der Waals surface area contributed by atoms with Gasteiger partial charge in [-0.15, -0.1) is 0 Å². The second kappa shape index (κ2) is 4.97. The summed E-state index contributed by atoms with van der Waals surface area (Å²) in [6, 6.07) is -0.275. The molecule has 1 aliphatic heterocycles. The number of carboxylic acid groups (broad SMARTS) is 1. The lowest BCUT2D eigenvalue weighted by atomic mass is 10.2. The van der Waals surface area contributed by atoms with Crippen molar-refractivity contribution < 1.29 is 18.3 Å². The highest BCUT2D eigenvalue weighted by molar-refractivity contribution is 7.91. The Balaban J connectivity index is 2.34. The van der Waals surface area contributed by atoms with Crippen molar-refractivity contribution in [1.29, 1.82) is 0 Å². The van der Waals surface area contributed by atoms with E-state index in [2.05, 4.69) is 5.10 Å². The predicted octanol–water partition coefficient (Wildman–Crippen LogP) is 1.30. The van der Waals surface area contributed by atoms with Crippen LogP contribution in [0.15, 0.2) is 6.08 Å². The Labute approximate surface area is 115 Å². The minimum absolute atomic E-state index is 0.0237. The van der Waals surface area contributed by atoms with Crippen molar-refractivity contribution in [2.45, 2.75) is 19.4 Å². The Morgan fingerprint density at radius 1 is 1.58 bits per heavy atom. The fourth-order valence-electron chi connectivity index (χ4n) is 2.09. The highest BCUT2D eigenvalue weighted by Gasteiger charge is 2.31. The van der Waals surface area contributed by atoms with Crippen LogP contribution < -0.4 is 0 Å². The van der Waals surface area contributed by atoms with Crippen LogP contribution in [-0.2, 0) is 14.6 Å². The quantitative estimate of drug-likeness (QED) is 0.850. The first kappa shape index (κ1) is 14.1. The molecule has 1 aromatic rings. The van der Waals surface area contributed by atoms with Gasteiger partial charge in [0.2, 0.25) is 0 Å². The summed E-state index contributed by atoms with van der Waals surface area (Å²) in [7, 11) is -3.02. The highest BCUT2D eigenvalue weighted by Crippen LogP contribution is 2.30. The van der Waals surface area contributed by atoms with Gasteiger partial charge in [-0.05, 0) is 19.4 Å². The summed E-state index contributed by atoms with van der Waals surface area (Å²) < 4.78 is 24.4. The van der Waals surface area contributed by atoms with Gasteiger partial charge in [0, 0.05) is 11.6 Å². The summed E-state index contributed by atoms with van der Waals surface area (Å²) in [5, 5.41) is 13.1. The van der Waals surface area contributed by atoms with Crippen molar-refractivity contribution >= 4 is 33.5 Å². The molecule has 0 radical (unpaired) electrons. The molecule has 1 saturated heterocycles. The van der Waals surface area contributed by atoms with E-state index in [-0.39, 0.29) is 22.7 Å². The van der Waals surface area contributed by atoms with Gasteiger partial charge in [0.05, 0.1) is 23.2 Å². The molecule has 0 bridgehead atoms. The Kier molecular flexibility index (Phi) is 3.69. The van der Waals surface area contributed by atoms with E-state index in [0.717, 1.165) is 6.08 Å². The zero-order valence-electron chi connectivity index (χ0n) is 10.2. The number of hydrogen-bond acceptors (Lipinski definition) is 4. The summed E-state index contributed by atoms with van der Waals surface area (Å²) in [4.78, 5) is 10.5. The first-order valence-corrected chi connectivity index (χ1v) is 7.86. The van der Waals surface area contributed by atoms with Crippen molar-refractivity contribution in [2.24, 2.45) is 0 Å². The number of sulfone groups is 1. The number of carbonyl (C=O) groups is 1. The van der Waals surface area contributed by atoms with Gasteiger partial charge in [0.15, 0.2) is 9.84 Å². The molecule has 6 nitrogen and oxygen atoms in total. The fourth-order valence-corrected chi connectivity index (χ4v) is 4.15. The zero-order valence-corrected chi connectivity index (χ0v) is 11.8. The molecule has 1 aromatic heterocycles. The molecule has 0 aromatic carbocycles. The number of nitrogens with zero attached hydrogens (tertiary/aromatic N) is 2. The summed E-state index contributed by atoms with van der Waals surface area (Å²) >= 11 is 6.15. The molecule has 1 fully saturated rings. The summed E-state index contributed by atoms with van der Waals surface area (Å²) in [6.45, 7) is 1.70. The molecule has 0 amide bonds. The topological polar surface area (TPSA) is 89.3 Å². The SMILES string of the molecule is Cc1nn([C@H]2CCS(=O)(=O)C2)c(Cl)c1/C=C/C(=O)O. The van der Waals surface area contributed by atoms with Gasteiger partial charge in [-0.1, -0.05) is 11.6 Å². The molecular weight excluding hydrogens is 292 g/mol. The van der Waals surface area contributed by atoms with E-state index in [0.29, 0.717) is 17.7 Å². The van der Waals surface area contributed by atoms with Crippen LogP contribution in [0.2, 0.25) is 5.15 Å². The molecule has 1 N–H and O–H groups in total. The van der Waals surface area contributed by atoms with E-state index in [1.165, 1.54) is 10.8 Å². The monoisotopic (exact) mass is 304 g/mol. The maximum absolute atomic E-state index is 11.5. The molecule has 19 heavy (non-hydrogen) atoms. The zero-order chi connectivity index (χ0) is 14.2. The maximum atomic E-state index is 11.5. The van der Waals surface area contributed by atoms with Gasteiger partial charge < -0.3 is 5.11 Å². The number of aliphatic carboxylic acids is 1. The minimum Gasteiger partial charge on any atom is -0.478 e. The number of rotatable bonds is 3. The van der Waals surface area contributed by atoms with Gasteiger partial charge in [-0.3, -0.25) is 0 Å². The van der Waals surface area contributed by atoms with Crippen molar-refractivity contribution in [3.63, 3.8) is 0 Å². The van der Waals surface area contributed by atoms with E-state index in [4.69, 9.17) is 16.7 Å². The number of hydrogen-bond donors (Lipinski definition) is 1. The summed E-state index contributed by atoms with van der Waals surface area (Å²) in [6.07, 6.45) is 2.82. The average molecular weight is 305 g/mol. The molecule has 0 saturated carbocycles. The molecule has 0 aliphatic carbocycles. The predicted molar refractivity (Wildman–Crippen MR) is 71.0 cm³/mol.